The molecule has 0 radical (unpaired) electrons. The standard InChI is InChI=1S/C13H21ClO5S2/c1-6-17-11(20)21-13(4,5)10(16)19-8-7-18-9(15)12(2,3)14/h6-8H2,1-5H3. The number of esters is 2. The van der Waals surface area contributed by atoms with Gasteiger partial charge in [-0.15, -0.1) is 11.6 Å². The molecule has 5 nitrogen and oxygen atoms in total. The van der Waals surface area contributed by atoms with E-state index in [4.69, 9.17) is 38.0 Å². The first-order valence-electron chi connectivity index (χ1n) is 6.40. The average molecular weight is 357 g/mol. The molecule has 0 aliphatic heterocycles. The highest BCUT2D eigenvalue weighted by atomic mass is 35.5. The van der Waals surface area contributed by atoms with Gasteiger partial charge in [0.2, 0.25) is 4.38 Å². The van der Waals surface area contributed by atoms with Gasteiger partial charge in [-0.2, -0.15) is 0 Å². The van der Waals surface area contributed by atoms with Gasteiger partial charge in [0.25, 0.3) is 0 Å². The minimum atomic E-state index is -1.09. The summed E-state index contributed by atoms with van der Waals surface area (Å²) in [4.78, 5) is 22.2. The Hall–Kier alpha value is -0.530. The number of alkyl halides is 1. The molecule has 0 N–H and O–H groups in total. The summed E-state index contributed by atoms with van der Waals surface area (Å²) in [5.74, 6) is -1.03. The van der Waals surface area contributed by atoms with Crippen LogP contribution in [-0.2, 0) is 23.8 Å². The summed E-state index contributed by atoms with van der Waals surface area (Å²) in [6.45, 7) is 8.58. The zero-order valence-corrected chi connectivity index (χ0v) is 15.2. The number of hydrogen-bond donors (Lipinski definition) is 0. The van der Waals surface area contributed by atoms with Crippen molar-refractivity contribution >= 4 is 51.9 Å². The Morgan fingerprint density at radius 1 is 1.05 bits per heavy atom. The first-order chi connectivity index (χ1) is 9.50. The van der Waals surface area contributed by atoms with Crippen LogP contribution in [0.15, 0.2) is 0 Å². The van der Waals surface area contributed by atoms with Gasteiger partial charge < -0.3 is 14.2 Å². The Morgan fingerprint density at radius 3 is 1.95 bits per heavy atom. The molecule has 0 saturated carbocycles. The van der Waals surface area contributed by atoms with Gasteiger partial charge in [0.15, 0.2) is 0 Å². The summed E-state index contributed by atoms with van der Waals surface area (Å²) in [7, 11) is 0. The van der Waals surface area contributed by atoms with Gasteiger partial charge in [-0.25, -0.2) is 0 Å². The number of carbonyl (C=O) groups excluding carboxylic acids is 2. The summed E-state index contributed by atoms with van der Waals surface area (Å²) in [6, 6.07) is 0. The number of hydrogen-bond acceptors (Lipinski definition) is 7. The highest BCUT2D eigenvalue weighted by molar-refractivity contribution is 8.23. The molecular formula is C13H21ClO5S2. The fourth-order valence-corrected chi connectivity index (χ4v) is 2.54. The normalized spacial score (nSPS) is 11.7. The van der Waals surface area contributed by atoms with Crippen molar-refractivity contribution in [2.24, 2.45) is 0 Å². The van der Waals surface area contributed by atoms with Crippen LogP contribution in [0.4, 0.5) is 0 Å². The van der Waals surface area contributed by atoms with E-state index in [9.17, 15) is 9.59 Å². The van der Waals surface area contributed by atoms with Crippen LogP contribution >= 0.6 is 35.6 Å². The second kappa shape index (κ2) is 8.80. The van der Waals surface area contributed by atoms with Crippen LogP contribution in [0.3, 0.4) is 0 Å². The minimum absolute atomic E-state index is 0.0388. The van der Waals surface area contributed by atoms with Crippen molar-refractivity contribution in [2.75, 3.05) is 19.8 Å². The molecular weight excluding hydrogens is 336 g/mol. The molecule has 0 atom stereocenters. The zero-order chi connectivity index (χ0) is 16.7. The predicted molar refractivity (Wildman–Crippen MR) is 87.7 cm³/mol. The number of rotatable bonds is 7. The molecule has 0 bridgehead atoms. The van der Waals surface area contributed by atoms with Crippen molar-refractivity contribution in [1.29, 1.82) is 0 Å². The highest BCUT2D eigenvalue weighted by Crippen LogP contribution is 2.27. The van der Waals surface area contributed by atoms with Crippen LogP contribution in [0.2, 0.25) is 0 Å². The second-order valence-corrected chi connectivity index (χ2v) is 8.21. The highest BCUT2D eigenvalue weighted by Gasteiger charge is 2.32. The molecule has 0 aromatic heterocycles. The third-order valence-electron chi connectivity index (χ3n) is 2.13. The van der Waals surface area contributed by atoms with Crippen LogP contribution in [0.1, 0.15) is 34.6 Å². The quantitative estimate of drug-likeness (QED) is 0.301. The van der Waals surface area contributed by atoms with Gasteiger partial charge in [-0.1, -0.05) is 11.8 Å². The van der Waals surface area contributed by atoms with Crippen LogP contribution in [0.25, 0.3) is 0 Å². The smallest absolute Gasteiger partial charge is 0.326 e. The van der Waals surface area contributed by atoms with E-state index >= 15 is 0 Å². The van der Waals surface area contributed by atoms with Crippen LogP contribution in [0, 0.1) is 0 Å². The summed E-state index contributed by atoms with van der Waals surface area (Å²) in [6.07, 6.45) is 0. The fourth-order valence-electron chi connectivity index (χ4n) is 1.01. The van der Waals surface area contributed by atoms with Gasteiger partial charge in [-0.3, -0.25) is 9.59 Å². The van der Waals surface area contributed by atoms with Gasteiger partial charge in [-0.05, 0) is 46.8 Å². The molecule has 0 fully saturated rings. The summed E-state index contributed by atoms with van der Waals surface area (Å²) >= 11 is 11.9. The Morgan fingerprint density at radius 2 is 1.52 bits per heavy atom. The number of thioether (sulfide) groups is 1. The third-order valence-corrected chi connectivity index (χ3v) is 3.61. The zero-order valence-electron chi connectivity index (χ0n) is 12.9. The SMILES string of the molecule is CCOC(=S)SC(C)(C)C(=O)OCCOC(=O)C(C)(C)Cl. The van der Waals surface area contributed by atoms with E-state index in [2.05, 4.69) is 0 Å². The lowest BCUT2D eigenvalue weighted by molar-refractivity contribution is -0.154. The first-order valence-corrected chi connectivity index (χ1v) is 8.00. The lowest BCUT2D eigenvalue weighted by Gasteiger charge is -2.22. The van der Waals surface area contributed by atoms with Gasteiger partial charge in [0, 0.05) is 0 Å². The predicted octanol–water partition coefficient (Wildman–Crippen LogP) is 2.92. The van der Waals surface area contributed by atoms with Crippen LogP contribution < -0.4 is 0 Å². The molecule has 0 aliphatic carbocycles. The molecule has 0 saturated heterocycles. The molecule has 0 rings (SSSR count). The van der Waals surface area contributed by atoms with Gasteiger partial charge in [0.05, 0.1) is 6.61 Å². The summed E-state index contributed by atoms with van der Waals surface area (Å²) < 4.78 is 14.5. The maximum Gasteiger partial charge on any atom is 0.326 e. The van der Waals surface area contributed by atoms with Crippen molar-refractivity contribution in [2.45, 2.75) is 44.2 Å². The van der Waals surface area contributed by atoms with Crippen LogP contribution in [0.5, 0.6) is 0 Å². The maximum atomic E-state index is 11.9. The molecule has 21 heavy (non-hydrogen) atoms. The van der Waals surface area contributed by atoms with Crippen molar-refractivity contribution in [3.05, 3.63) is 0 Å². The summed E-state index contributed by atoms with van der Waals surface area (Å²) in [5, 5.41) is 0. The number of halogens is 1. The van der Waals surface area contributed by atoms with E-state index in [1.165, 1.54) is 13.8 Å². The fraction of sp³-hybridized carbons (Fsp3) is 0.769. The maximum absolute atomic E-state index is 11.9. The summed E-state index contributed by atoms with van der Waals surface area (Å²) in [5.41, 5.74) is 0. The second-order valence-electron chi connectivity index (χ2n) is 5.04. The molecule has 0 unspecified atom stereocenters. The van der Waals surface area contributed by atoms with Crippen molar-refractivity contribution in [1.82, 2.24) is 0 Å². The van der Waals surface area contributed by atoms with Crippen LogP contribution in [-0.4, -0.2) is 45.8 Å². The van der Waals surface area contributed by atoms with E-state index in [0.29, 0.717) is 6.61 Å². The number of ether oxygens (including phenoxy) is 3. The number of thiocarbonyl (C=S) groups is 1. The first kappa shape index (κ1) is 20.5. The third kappa shape index (κ3) is 8.48. The van der Waals surface area contributed by atoms with E-state index in [1.807, 2.05) is 6.92 Å². The molecule has 0 aliphatic rings. The molecule has 0 spiro atoms. The van der Waals surface area contributed by atoms with Crippen molar-refractivity contribution in [3.8, 4) is 0 Å². The molecule has 0 aromatic carbocycles. The molecule has 0 heterocycles. The Labute approximate surface area is 140 Å². The molecule has 122 valence electrons. The molecule has 8 heteroatoms. The minimum Gasteiger partial charge on any atom is -0.479 e. The monoisotopic (exact) mass is 356 g/mol. The number of carbonyl (C=O) groups is 2. The Kier molecular flexibility index (Phi) is 8.58. The van der Waals surface area contributed by atoms with E-state index in [1.54, 1.807) is 13.8 Å². The van der Waals surface area contributed by atoms with Gasteiger partial charge in [0.1, 0.15) is 22.8 Å². The average Bonchev–Trinajstić information content (AvgIpc) is 2.32. The van der Waals surface area contributed by atoms with Gasteiger partial charge >= 0.3 is 11.9 Å². The van der Waals surface area contributed by atoms with E-state index in [-0.39, 0.29) is 17.6 Å². The van der Waals surface area contributed by atoms with E-state index in [0.717, 1.165) is 11.8 Å². The largest absolute Gasteiger partial charge is 0.479 e. The Bertz CT molecular complexity index is 391. The lowest BCUT2D eigenvalue weighted by Crippen LogP contribution is -2.33. The van der Waals surface area contributed by atoms with E-state index < -0.39 is 21.6 Å². The lowest BCUT2D eigenvalue weighted by atomic mass is 10.2. The topological polar surface area (TPSA) is 61.8 Å². The van der Waals surface area contributed by atoms with Crippen molar-refractivity contribution in [3.63, 3.8) is 0 Å². The van der Waals surface area contributed by atoms with Crippen molar-refractivity contribution < 1.29 is 23.8 Å². The Balaban J connectivity index is 4.14. The molecule has 0 aromatic rings. The molecule has 0 amide bonds.